The van der Waals surface area contributed by atoms with E-state index in [-0.39, 0.29) is 11.2 Å². The third kappa shape index (κ3) is 3.73. The van der Waals surface area contributed by atoms with Crippen LogP contribution in [0.3, 0.4) is 0 Å². The van der Waals surface area contributed by atoms with E-state index in [0.29, 0.717) is 33.6 Å². The number of aromatic nitrogens is 4. The van der Waals surface area contributed by atoms with Gasteiger partial charge in [0.05, 0.1) is 5.69 Å². The van der Waals surface area contributed by atoms with E-state index in [1.54, 1.807) is 41.0 Å². The molecule has 0 aliphatic heterocycles. The molecular formula is C22H13F3N4O2. The summed E-state index contributed by atoms with van der Waals surface area (Å²) in [4.78, 5) is 20.0. The number of hydrogen-bond donors (Lipinski definition) is 1. The van der Waals surface area contributed by atoms with E-state index in [4.69, 9.17) is 0 Å². The van der Waals surface area contributed by atoms with Gasteiger partial charge in [-0.2, -0.15) is 0 Å². The Labute approximate surface area is 172 Å². The molecule has 2 aromatic carbocycles. The second-order valence-corrected chi connectivity index (χ2v) is 6.82. The predicted molar refractivity (Wildman–Crippen MR) is 109 cm³/mol. The van der Waals surface area contributed by atoms with Crippen molar-refractivity contribution < 1.29 is 17.9 Å². The molecule has 5 aromatic rings. The molecule has 0 spiro atoms. The summed E-state index contributed by atoms with van der Waals surface area (Å²) in [7, 11) is 0. The van der Waals surface area contributed by atoms with Crippen LogP contribution in [0.25, 0.3) is 39.2 Å². The number of pyridine rings is 2. The highest BCUT2D eigenvalue weighted by molar-refractivity contribution is 5.80. The van der Waals surface area contributed by atoms with Gasteiger partial charge in [0.1, 0.15) is 5.75 Å². The number of alkyl halides is 3. The van der Waals surface area contributed by atoms with Crippen LogP contribution in [-0.2, 0) is 0 Å². The van der Waals surface area contributed by atoms with Crippen LogP contribution < -0.4 is 10.2 Å². The van der Waals surface area contributed by atoms with Crippen LogP contribution in [-0.4, -0.2) is 25.9 Å². The topological polar surface area (TPSA) is 72.3 Å². The summed E-state index contributed by atoms with van der Waals surface area (Å²) in [6, 6.07) is 17.7. The first kappa shape index (κ1) is 18.9. The number of para-hydroxylation sites is 1. The average molecular weight is 422 g/mol. The summed E-state index contributed by atoms with van der Waals surface area (Å²) >= 11 is 0. The maximum atomic E-state index is 12.4. The highest BCUT2D eigenvalue weighted by atomic mass is 19.4. The monoisotopic (exact) mass is 422 g/mol. The number of benzene rings is 2. The SMILES string of the molecule is O=c1cc(-c2nc3ccc(-c4ccc(OC(F)(F)F)cc4)cn3n2)[nH]c2ccccc12. The van der Waals surface area contributed by atoms with Crippen LogP contribution in [0.2, 0.25) is 0 Å². The van der Waals surface area contributed by atoms with Crippen molar-refractivity contribution in [3.8, 4) is 28.4 Å². The molecule has 5 rings (SSSR count). The van der Waals surface area contributed by atoms with E-state index < -0.39 is 6.36 Å². The van der Waals surface area contributed by atoms with Gasteiger partial charge in [-0.25, -0.2) is 9.50 Å². The number of aromatic amines is 1. The Morgan fingerprint density at radius 3 is 2.45 bits per heavy atom. The third-order valence-corrected chi connectivity index (χ3v) is 4.73. The molecule has 1 N–H and O–H groups in total. The highest BCUT2D eigenvalue weighted by Crippen LogP contribution is 2.27. The van der Waals surface area contributed by atoms with Gasteiger partial charge in [-0.3, -0.25) is 4.79 Å². The number of H-pyrrole nitrogens is 1. The molecule has 0 saturated carbocycles. The first-order valence-corrected chi connectivity index (χ1v) is 9.21. The van der Waals surface area contributed by atoms with Crippen molar-refractivity contribution >= 4 is 16.6 Å². The number of halogens is 3. The zero-order chi connectivity index (χ0) is 21.6. The molecule has 0 amide bonds. The molecular weight excluding hydrogens is 409 g/mol. The summed E-state index contributed by atoms with van der Waals surface area (Å²) < 4.78 is 42.4. The van der Waals surface area contributed by atoms with E-state index in [0.717, 1.165) is 5.56 Å². The number of fused-ring (bicyclic) bond motifs is 2. The van der Waals surface area contributed by atoms with Crippen LogP contribution in [0, 0.1) is 0 Å². The predicted octanol–water partition coefficient (Wildman–Crippen LogP) is 4.80. The Bertz CT molecular complexity index is 1470. The Morgan fingerprint density at radius 2 is 1.68 bits per heavy atom. The Hall–Kier alpha value is -4.14. The lowest BCUT2D eigenvalue weighted by Crippen LogP contribution is -2.16. The first-order chi connectivity index (χ1) is 14.9. The van der Waals surface area contributed by atoms with Crippen LogP contribution in [0.1, 0.15) is 0 Å². The van der Waals surface area contributed by atoms with Gasteiger partial charge in [-0.1, -0.05) is 24.3 Å². The summed E-state index contributed by atoms with van der Waals surface area (Å²) in [6.45, 7) is 0. The number of nitrogens with one attached hydrogen (secondary N) is 1. The minimum Gasteiger partial charge on any atom is -0.406 e. The summed E-state index contributed by atoms with van der Waals surface area (Å²) in [5.41, 5.74) is 3.02. The zero-order valence-electron chi connectivity index (χ0n) is 15.7. The maximum Gasteiger partial charge on any atom is 0.573 e. The molecule has 3 heterocycles. The molecule has 0 unspecified atom stereocenters. The van der Waals surface area contributed by atoms with Crippen molar-refractivity contribution in [2.24, 2.45) is 0 Å². The van der Waals surface area contributed by atoms with Gasteiger partial charge in [0.2, 0.25) is 0 Å². The van der Waals surface area contributed by atoms with Gasteiger partial charge in [0.25, 0.3) is 0 Å². The Kier molecular flexibility index (Phi) is 4.25. The molecule has 0 aliphatic carbocycles. The van der Waals surface area contributed by atoms with Crippen LogP contribution >= 0.6 is 0 Å². The molecule has 6 nitrogen and oxygen atoms in total. The quantitative estimate of drug-likeness (QED) is 0.453. The van der Waals surface area contributed by atoms with E-state index >= 15 is 0 Å². The van der Waals surface area contributed by atoms with Crippen molar-refractivity contribution in [1.82, 2.24) is 19.6 Å². The van der Waals surface area contributed by atoms with E-state index in [1.165, 1.54) is 30.3 Å². The van der Waals surface area contributed by atoms with Crippen molar-refractivity contribution in [1.29, 1.82) is 0 Å². The number of nitrogens with zero attached hydrogens (tertiary/aromatic N) is 3. The molecule has 0 fully saturated rings. The molecule has 3 aromatic heterocycles. The minimum absolute atomic E-state index is 0.134. The molecule has 0 saturated heterocycles. The highest BCUT2D eigenvalue weighted by Gasteiger charge is 2.30. The first-order valence-electron chi connectivity index (χ1n) is 9.21. The zero-order valence-corrected chi connectivity index (χ0v) is 15.7. The summed E-state index contributed by atoms with van der Waals surface area (Å²) in [6.07, 6.45) is -3.02. The van der Waals surface area contributed by atoms with Crippen LogP contribution in [0.4, 0.5) is 13.2 Å². The van der Waals surface area contributed by atoms with Crippen molar-refractivity contribution in [2.45, 2.75) is 6.36 Å². The Morgan fingerprint density at radius 1 is 0.935 bits per heavy atom. The smallest absolute Gasteiger partial charge is 0.406 e. The average Bonchev–Trinajstić information content (AvgIpc) is 3.17. The summed E-state index contributed by atoms with van der Waals surface area (Å²) in [5, 5.41) is 5.02. The Balaban J connectivity index is 1.50. The largest absolute Gasteiger partial charge is 0.573 e. The third-order valence-electron chi connectivity index (χ3n) is 4.73. The molecule has 0 atom stereocenters. The fourth-order valence-corrected chi connectivity index (χ4v) is 3.33. The maximum absolute atomic E-state index is 12.4. The summed E-state index contributed by atoms with van der Waals surface area (Å²) in [5.74, 6) is 0.0644. The van der Waals surface area contributed by atoms with Crippen molar-refractivity contribution in [2.75, 3.05) is 0 Å². The lowest BCUT2D eigenvalue weighted by atomic mass is 10.1. The van der Waals surface area contributed by atoms with E-state index in [1.807, 2.05) is 6.07 Å². The van der Waals surface area contributed by atoms with Gasteiger partial charge < -0.3 is 9.72 Å². The van der Waals surface area contributed by atoms with E-state index in [9.17, 15) is 18.0 Å². The van der Waals surface area contributed by atoms with Crippen LogP contribution in [0.5, 0.6) is 5.75 Å². The molecule has 154 valence electrons. The van der Waals surface area contributed by atoms with Gasteiger partial charge in [-0.15, -0.1) is 18.3 Å². The van der Waals surface area contributed by atoms with Gasteiger partial charge in [0.15, 0.2) is 16.9 Å². The molecule has 31 heavy (non-hydrogen) atoms. The van der Waals surface area contributed by atoms with Gasteiger partial charge >= 0.3 is 6.36 Å². The standard InChI is InChI=1S/C22H13F3N4O2/c23-22(24,25)31-15-8-5-13(6-9-15)14-7-10-20-27-21(28-29(20)12-14)18-11-19(30)16-3-1-2-4-17(16)26-18/h1-12H,(H,26,30). The second-order valence-electron chi connectivity index (χ2n) is 6.82. The number of rotatable bonds is 3. The number of ether oxygens (including phenoxy) is 1. The van der Waals surface area contributed by atoms with Crippen molar-refractivity contribution in [3.05, 3.63) is 83.2 Å². The van der Waals surface area contributed by atoms with E-state index in [2.05, 4.69) is 19.8 Å². The minimum atomic E-state index is -4.73. The van der Waals surface area contributed by atoms with Gasteiger partial charge in [0, 0.05) is 28.7 Å². The lowest BCUT2D eigenvalue weighted by molar-refractivity contribution is -0.274. The van der Waals surface area contributed by atoms with Gasteiger partial charge in [-0.05, 0) is 42.0 Å². The van der Waals surface area contributed by atoms with Crippen LogP contribution in [0.15, 0.2) is 77.7 Å². The lowest BCUT2D eigenvalue weighted by Gasteiger charge is -2.09. The number of hydrogen-bond acceptors (Lipinski definition) is 4. The fourth-order valence-electron chi connectivity index (χ4n) is 3.33. The molecule has 0 aliphatic rings. The fraction of sp³-hybridized carbons (Fsp3) is 0.0455. The molecule has 9 heteroatoms. The molecule has 0 bridgehead atoms. The van der Waals surface area contributed by atoms with Crippen molar-refractivity contribution in [3.63, 3.8) is 0 Å². The second kappa shape index (κ2) is 6.98. The normalized spacial score (nSPS) is 11.8. The molecule has 0 radical (unpaired) electrons.